The minimum atomic E-state index is -0.381. The number of nitrogens with one attached hydrogen (secondary N) is 1. The molecular weight excluding hydrogens is 356 g/mol. The van der Waals surface area contributed by atoms with Crippen LogP contribution in [0.3, 0.4) is 0 Å². The predicted octanol–water partition coefficient (Wildman–Crippen LogP) is 1.54. The van der Waals surface area contributed by atoms with Crippen molar-refractivity contribution < 1.29 is 9.53 Å². The SMILES string of the molecule is CCOC(=O)Cn1nnnc1C(NCCN)c1ccc(-c2ccccc2)cc1. The first-order valence-corrected chi connectivity index (χ1v) is 9.23. The first kappa shape index (κ1) is 19.7. The summed E-state index contributed by atoms with van der Waals surface area (Å²) in [6.45, 7) is 3.08. The fourth-order valence-corrected chi connectivity index (χ4v) is 2.94. The molecule has 0 saturated carbocycles. The van der Waals surface area contributed by atoms with Crippen LogP contribution in [0, 0.1) is 0 Å². The van der Waals surface area contributed by atoms with Crippen LogP contribution < -0.4 is 11.1 Å². The van der Waals surface area contributed by atoms with E-state index in [0.29, 0.717) is 25.5 Å². The zero-order chi connectivity index (χ0) is 19.8. The van der Waals surface area contributed by atoms with E-state index in [1.807, 2.05) is 30.3 Å². The molecule has 146 valence electrons. The molecule has 0 bridgehead atoms. The molecule has 0 amide bonds. The van der Waals surface area contributed by atoms with Gasteiger partial charge in [0.05, 0.1) is 12.6 Å². The second kappa shape index (κ2) is 9.72. The number of rotatable bonds is 9. The van der Waals surface area contributed by atoms with E-state index in [-0.39, 0.29) is 18.6 Å². The van der Waals surface area contributed by atoms with Crippen LogP contribution in [0.15, 0.2) is 54.6 Å². The van der Waals surface area contributed by atoms with Gasteiger partial charge in [0.2, 0.25) is 0 Å². The van der Waals surface area contributed by atoms with E-state index >= 15 is 0 Å². The predicted molar refractivity (Wildman–Crippen MR) is 105 cm³/mol. The number of ether oxygens (including phenoxy) is 1. The number of nitrogens with two attached hydrogens (primary N) is 1. The Bertz CT molecular complexity index is 879. The number of carbonyl (C=O) groups excluding carboxylic acids is 1. The normalized spacial score (nSPS) is 11.9. The van der Waals surface area contributed by atoms with Crippen molar-refractivity contribution in [3.05, 3.63) is 66.0 Å². The Morgan fingerprint density at radius 3 is 2.54 bits per heavy atom. The summed E-state index contributed by atoms with van der Waals surface area (Å²) in [4.78, 5) is 11.9. The van der Waals surface area contributed by atoms with Crippen molar-refractivity contribution in [1.29, 1.82) is 0 Å². The van der Waals surface area contributed by atoms with Gasteiger partial charge in [0.1, 0.15) is 6.54 Å². The van der Waals surface area contributed by atoms with Crippen LogP contribution >= 0.6 is 0 Å². The van der Waals surface area contributed by atoms with Crippen molar-refractivity contribution in [2.75, 3.05) is 19.7 Å². The molecule has 1 aromatic heterocycles. The van der Waals surface area contributed by atoms with Gasteiger partial charge in [-0.3, -0.25) is 4.79 Å². The van der Waals surface area contributed by atoms with Crippen molar-refractivity contribution in [2.24, 2.45) is 5.73 Å². The molecule has 3 N–H and O–H groups in total. The van der Waals surface area contributed by atoms with Crippen molar-refractivity contribution >= 4 is 5.97 Å². The fourth-order valence-electron chi connectivity index (χ4n) is 2.94. The third-order valence-corrected chi connectivity index (χ3v) is 4.25. The van der Waals surface area contributed by atoms with E-state index in [9.17, 15) is 4.79 Å². The van der Waals surface area contributed by atoms with Gasteiger partial charge in [-0.15, -0.1) is 5.10 Å². The lowest BCUT2D eigenvalue weighted by Gasteiger charge is -2.18. The van der Waals surface area contributed by atoms with Crippen LogP contribution in [0.5, 0.6) is 0 Å². The highest BCUT2D eigenvalue weighted by Crippen LogP contribution is 2.24. The van der Waals surface area contributed by atoms with Crippen LogP contribution in [0.4, 0.5) is 0 Å². The molecule has 0 fully saturated rings. The maximum absolute atomic E-state index is 11.9. The van der Waals surface area contributed by atoms with E-state index in [0.717, 1.165) is 16.7 Å². The number of hydrogen-bond donors (Lipinski definition) is 2. The van der Waals surface area contributed by atoms with Crippen LogP contribution in [-0.4, -0.2) is 45.9 Å². The van der Waals surface area contributed by atoms with Crippen molar-refractivity contribution in [3.8, 4) is 11.1 Å². The molecule has 0 saturated heterocycles. The van der Waals surface area contributed by atoms with Gasteiger partial charge in [0.25, 0.3) is 0 Å². The maximum Gasteiger partial charge on any atom is 0.327 e. The summed E-state index contributed by atoms with van der Waals surface area (Å²) >= 11 is 0. The van der Waals surface area contributed by atoms with Gasteiger partial charge in [-0.1, -0.05) is 54.6 Å². The summed E-state index contributed by atoms with van der Waals surface area (Å²) in [5.74, 6) is 0.155. The Kier molecular flexibility index (Phi) is 6.83. The lowest BCUT2D eigenvalue weighted by Crippen LogP contribution is -2.31. The Morgan fingerprint density at radius 2 is 1.86 bits per heavy atom. The zero-order valence-corrected chi connectivity index (χ0v) is 15.8. The molecule has 1 heterocycles. The second-order valence-corrected chi connectivity index (χ2v) is 6.16. The Hall–Kier alpha value is -3.10. The summed E-state index contributed by atoms with van der Waals surface area (Å²) in [5, 5.41) is 15.2. The lowest BCUT2D eigenvalue weighted by molar-refractivity contribution is -0.144. The third-order valence-electron chi connectivity index (χ3n) is 4.25. The maximum atomic E-state index is 11.9. The average molecular weight is 380 g/mol. The van der Waals surface area contributed by atoms with Gasteiger partial charge in [0.15, 0.2) is 5.82 Å². The second-order valence-electron chi connectivity index (χ2n) is 6.16. The largest absolute Gasteiger partial charge is 0.465 e. The topological polar surface area (TPSA) is 108 Å². The molecule has 0 aliphatic carbocycles. The zero-order valence-electron chi connectivity index (χ0n) is 15.8. The molecule has 2 aromatic carbocycles. The standard InChI is InChI=1S/C20H24N6O2/c1-2-28-18(27)14-26-20(23-24-25-26)19(22-13-12-21)17-10-8-16(9-11-17)15-6-4-3-5-7-15/h3-11,19,22H,2,12-14,21H2,1H3. The molecule has 0 radical (unpaired) electrons. The third kappa shape index (κ3) is 4.79. The Labute approximate surface area is 163 Å². The quantitative estimate of drug-likeness (QED) is 0.542. The molecule has 0 aliphatic heterocycles. The van der Waals surface area contributed by atoms with Gasteiger partial charge < -0.3 is 15.8 Å². The molecule has 0 aliphatic rings. The summed E-state index contributed by atoms with van der Waals surface area (Å²) in [5.41, 5.74) is 8.92. The first-order valence-electron chi connectivity index (χ1n) is 9.23. The number of tetrazole rings is 1. The number of esters is 1. The molecule has 8 nitrogen and oxygen atoms in total. The number of nitrogens with zero attached hydrogens (tertiary/aromatic N) is 4. The molecular formula is C20H24N6O2. The molecule has 3 rings (SSSR count). The molecule has 3 aromatic rings. The molecule has 1 atom stereocenters. The van der Waals surface area contributed by atoms with E-state index in [2.05, 4.69) is 45.1 Å². The van der Waals surface area contributed by atoms with Crippen LogP contribution in [0.25, 0.3) is 11.1 Å². The van der Waals surface area contributed by atoms with Crippen LogP contribution in [0.2, 0.25) is 0 Å². The summed E-state index contributed by atoms with van der Waals surface area (Å²) in [6.07, 6.45) is 0. The van der Waals surface area contributed by atoms with Crippen LogP contribution in [0.1, 0.15) is 24.4 Å². The van der Waals surface area contributed by atoms with Crippen molar-refractivity contribution in [3.63, 3.8) is 0 Å². The molecule has 1 unspecified atom stereocenters. The van der Waals surface area contributed by atoms with Crippen molar-refractivity contribution in [1.82, 2.24) is 25.5 Å². The molecule has 0 spiro atoms. The number of carbonyl (C=O) groups is 1. The highest BCUT2D eigenvalue weighted by Gasteiger charge is 2.22. The lowest BCUT2D eigenvalue weighted by atomic mass is 10.0. The summed E-state index contributed by atoms with van der Waals surface area (Å²) in [7, 11) is 0. The van der Waals surface area contributed by atoms with Gasteiger partial charge in [-0.2, -0.15) is 0 Å². The van der Waals surface area contributed by atoms with Crippen LogP contribution in [-0.2, 0) is 16.1 Å². The minimum Gasteiger partial charge on any atom is -0.465 e. The number of aromatic nitrogens is 4. The van der Waals surface area contributed by atoms with Gasteiger partial charge in [0, 0.05) is 13.1 Å². The van der Waals surface area contributed by atoms with Gasteiger partial charge >= 0.3 is 5.97 Å². The van der Waals surface area contributed by atoms with Gasteiger partial charge in [-0.25, -0.2) is 4.68 Å². The Morgan fingerprint density at radius 1 is 1.14 bits per heavy atom. The van der Waals surface area contributed by atoms with Gasteiger partial charge in [-0.05, 0) is 34.0 Å². The average Bonchev–Trinajstić information content (AvgIpc) is 3.17. The number of benzene rings is 2. The van der Waals surface area contributed by atoms with E-state index in [4.69, 9.17) is 10.5 Å². The smallest absolute Gasteiger partial charge is 0.327 e. The van der Waals surface area contributed by atoms with E-state index in [1.54, 1.807) is 6.92 Å². The highest BCUT2D eigenvalue weighted by molar-refractivity contribution is 5.69. The minimum absolute atomic E-state index is 0.0426. The molecule has 28 heavy (non-hydrogen) atoms. The Balaban J connectivity index is 1.87. The highest BCUT2D eigenvalue weighted by atomic mass is 16.5. The molecule has 8 heteroatoms. The number of hydrogen-bond acceptors (Lipinski definition) is 7. The van der Waals surface area contributed by atoms with E-state index < -0.39 is 0 Å². The summed E-state index contributed by atoms with van der Waals surface area (Å²) in [6, 6.07) is 18.0. The monoisotopic (exact) mass is 380 g/mol. The van der Waals surface area contributed by atoms with E-state index in [1.165, 1.54) is 4.68 Å². The van der Waals surface area contributed by atoms with Crippen molar-refractivity contribution in [2.45, 2.75) is 19.5 Å². The first-order chi connectivity index (χ1) is 13.7. The fraction of sp³-hybridized carbons (Fsp3) is 0.300. The summed E-state index contributed by atoms with van der Waals surface area (Å²) < 4.78 is 6.46.